The smallest absolute Gasteiger partial charge is 0.251 e. The third-order valence-corrected chi connectivity index (χ3v) is 7.69. The summed E-state index contributed by atoms with van der Waals surface area (Å²) in [7, 11) is -3.73. The topological polar surface area (TPSA) is 75.7 Å². The van der Waals surface area contributed by atoms with Crippen LogP contribution in [0.5, 0.6) is 5.75 Å². The van der Waals surface area contributed by atoms with E-state index in [0.29, 0.717) is 32.2 Å². The molecule has 1 aliphatic rings. The Kier molecular flexibility index (Phi) is 7.97. The second-order valence-electron chi connectivity index (χ2n) is 7.91. The van der Waals surface area contributed by atoms with Crippen molar-refractivity contribution in [2.75, 3.05) is 26.2 Å². The van der Waals surface area contributed by atoms with E-state index >= 15 is 0 Å². The van der Waals surface area contributed by atoms with Crippen LogP contribution in [-0.4, -0.2) is 44.9 Å². The maximum atomic E-state index is 13.0. The maximum absolute atomic E-state index is 13.0. The number of hydrogen-bond acceptors (Lipinski definition) is 4. The maximum Gasteiger partial charge on any atom is 0.251 e. The molecular formula is C23H29ClN2O4S. The van der Waals surface area contributed by atoms with Crippen molar-refractivity contribution in [1.29, 1.82) is 0 Å². The van der Waals surface area contributed by atoms with Crippen molar-refractivity contribution >= 4 is 27.5 Å². The van der Waals surface area contributed by atoms with Gasteiger partial charge in [-0.1, -0.05) is 50.1 Å². The van der Waals surface area contributed by atoms with Gasteiger partial charge in [0.1, 0.15) is 17.3 Å². The highest BCUT2D eigenvalue weighted by Crippen LogP contribution is 2.28. The summed E-state index contributed by atoms with van der Waals surface area (Å²) >= 11 is 6.18. The highest BCUT2D eigenvalue weighted by atomic mass is 35.5. The Bertz CT molecular complexity index is 1020. The number of benzene rings is 2. The molecule has 3 rings (SSSR count). The number of nitrogens with one attached hydrogen (secondary N) is 1. The molecule has 1 N–H and O–H groups in total. The molecular weight excluding hydrogens is 436 g/mol. The summed E-state index contributed by atoms with van der Waals surface area (Å²) in [5.74, 6) is 0.765. The zero-order valence-corrected chi connectivity index (χ0v) is 19.5. The average molecular weight is 465 g/mol. The van der Waals surface area contributed by atoms with Gasteiger partial charge in [-0.05, 0) is 48.6 Å². The number of piperidine rings is 1. The molecule has 0 aliphatic carbocycles. The normalized spacial score (nSPS) is 15.1. The Labute approximate surface area is 189 Å². The fraction of sp³-hybridized carbons (Fsp3) is 0.435. The highest BCUT2D eigenvalue weighted by molar-refractivity contribution is 7.89. The second kappa shape index (κ2) is 10.5. The molecule has 1 fully saturated rings. The Morgan fingerprint density at radius 2 is 1.84 bits per heavy atom. The predicted molar refractivity (Wildman–Crippen MR) is 122 cm³/mol. The van der Waals surface area contributed by atoms with Crippen LogP contribution < -0.4 is 10.1 Å². The fourth-order valence-electron chi connectivity index (χ4n) is 3.60. The summed E-state index contributed by atoms with van der Waals surface area (Å²) in [6.45, 7) is 5.75. The van der Waals surface area contributed by atoms with Gasteiger partial charge in [-0.3, -0.25) is 4.79 Å². The highest BCUT2D eigenvalue weighted by Gasteiger charge is 2.28. The molecule has 0 saturated carbocycles. The zero-order chi connectivity index (χ0) is 22.4. The summed E-state index contributed by atoms with van der Waals surface area (Å²) < 4.78 is 33.2. The van der Waals surface area contributed by atoms with E-state index in [1.54, 1.807) is 0 Å². The Morgan fingerprint density at radius 1 is 1.13 bits per heavy atom. The van der Waals surface area contributed by atoms with E-state index < -0.39 is 10.0 Å². The van der Waals surface area contributed by atoms with Gasteiger partial charge < -0.3 is 10.1 Å². The second-order valence-corrected chi connectivity index (χ2v) is 10.2. The summed E-state index contributed by atoms with van der Waals surface area (Å²) in [5, 5.41) is 2.90. The molecule has 0 atom stereocenters. The van der Waals surface area contributed by atoms with E-state index in [1.165, 1.54) is 22.5 Å². The Hall–Kier alpha value is -2.09. The van der Waals surface area contributed by atoms with Crippen LogP contribution in [0.25, 0.3) is 0 Å². The van der Waals surface area contributed by atoms with Gasteiger partial charge in [0.25, 0.3) is 5.91 Å². The third kappa shape index (κ3) is 5.79. The van der Waals surface area contributed by atoms with Gasteiger partial charge in [-0.15, -0.1) is 0 Å². The molecule has 6 nitrogen and oxygen atoms in total. The Balaban J connectivity index is 1.63. The lowest BCUT2D eigenvalue weighted by molar-refractivity contribution is 0.0946. The number of hydrogen-bond donors (Lipinski definition) is 1. The quantitative estimate of drug-likeness (QED) is 0.586. The number of amides is 1. The van der Waals surface area contributed by atoms with Gasteiger partial charge >= 0.3 is 0 Å². The molecule has 0 bridgehead atoms. The minimum Gasteiger partial charge on any atom is -0.491 e. The van der Waals surface area contributed by atoms with Crippen molar-refractivity contribution < 1.29 is 17.9 Å². The van der Waals surface area contributed by atoms with E-state index in [9.17, 15) is 13.2 Å². The number of ether oxygens (including phenoxy) is 1. The lowest BCUT2D eigenvalue weighted by atomic mass is 10.0. The van der Waals surface area contributed by atoms with Crippen molar-refractivity contribution in [1.82, 2.24) is 9.62 Å². The van der Waals surface area contributed by atoms with E-state index in [4.69, 9.17) is 16.3 Å². The first-order chi connectivity index (χ1) is 14.8. The van der Waals surface area contributed by atoms with Crippen LogP contribution in [0, 0.1) is 0 Å². The minimum absolute atomic E-state index is 0.0224. The van der Waals surface area contributed by atoms with Crippen LogP contribution in [-0.2, 0) is 10.0 Å². The lowest BCUT2D eigenvalue weighted by Gasteiger charge is -2.26. The first-order valence-electron chi connectivity index (χ1n) is 10.6. The SMILES string of the molecule is CC(C)c1ccccc1OCCNC(=O)c1ccc(Cl)c(S(=O)(=O)N2CCCCC2)c1. The number of carbonyl (C=O) groups is 1. The standard InChI is InChI=1S/C23H29ClN2O4S/c1-17(2)19-8-4-5-9-21(19)30-15-12-25-23(27)18-10-11-20(24)22(16-18)31(28,29)26-13-6-3-7-14-26/h4-5,8-11,16-17H,3,6-7,12-15H2,1-2H3,(H,25,27). The molecule has 2 aromatic rings. The fourth-order valence-corrected chi connectivity index (χ4v) is 5.62. The number of rotatable bonds is 8. The van der Waals surface area contributed by atoms with Crippen molar-refractivity contribution in [2.24, 2.45) is 0 Å². The summed E-state index contributed by atoms with van der Waals surface area (Å²) in [5.41, 5.74) is 1.36. The van der Waals surface area contributed by atoms with Crippen LogP contribution in [0.2, 0.25) is 5.02 Å². The van der Waals surface area contributed by atoms with Crippen LogP contribution in [0.1, 0.15) is 54.9 Å². The van der Waals surface area contributed by atoms with Gasteiger partial charge in [0, 0.05) is 18.7 Å². The minimum atomic E-state index is -3.73. The molecule has 1 aliphatic heterocycles. The molecule has 2 aromatic carbocycles. The van der Waals surface area contributed by atoms with Gasteiger partial charge in [0.2, 0.25) is 10.0 Å². The van der Waals surface area contributed by atoms with Crippen LogP contribution >= 0.6 is 11.6 Å². The van der Waals surface area contributed by atoms with Crippen LogP contribution in [0.15, 0.2) is 47.4 Å². The summed E-state index contributed by atoms with van der Waals surface area (Å²) in [4.78, 5) is 12.6. The van der Waals surface area contributed by atoms with E-state index in [1.807, 2.05) is 24.3 Å². The van der Waals surface area contributed by atoms with Crippen molar-refractivity contribution in [3.8, 4) is 5.75 Å². The van der Waals surface area contributed by atoms with Crippen molar-refractivity contribution in [2.45, 2.75) is 43.9 Å². The van der Waals surface area contributed by atoms with Crippen molar-refractivity contribution in [3.63, 3.8) is 0 Å². The van der Waals surface area contributed by atoms with E-state index in [0.717, 1.165) is 30.6 Å². The molecule has 0 radical (unpaired) electrons. The predicted octanol–water partition coefficient (Wildman–Crippen LogP) is 4.45. The molecule has 1 amide bonds. The van der Waals surface area contributed by atoms with Crippen LogP contribution in [0.4, 0.5) is 0 Å². The van der Waals surface area contributed by atoms with Gasteiger partial charge in [-0.2, -0.15) is 4.31 Å². The first kappa shape index (κ1) is 23.6. The molecule has 31 heavy (non-hydrogen) atoms. The van der Waals surface area contributed by atoms with Crippen LogP contribution in [0.3, 0.4) is 0 Å². The van der Waals surface area contributed by atoms with Crippen molar-refractivity contribution in [3.05, 3.63) is 58.6 Å². The van der Waals surface area contributed by atoms with Gasteiger partial charge in [0.05, 0.1) is 11.6 Å². The number of para-hydroxylation sites is 1. The number of halogens is 1. The lowest BCUT2D eigenvalue weighted by Crippen LogP contribution is -2.36. The Morgan fingerprint density at radius 3 is 2.55 bits per heavy atom. The third-order valence-electron chi connectivity index (χ3n) is 5.31. The van der Waals surface area contributed by atoms with Gasteiger partial charge in [-0.25, -0.2) is 8.42 Å². The summed E-state index contributed by atoms with van der Waals surface area (Å²) in [6, 6.07) is 12.2. The van der Waals surface area contributed by atoms with Gasteiger partial charge in [0.15, 0.2) is 0 Å². The monoisotopic (exact) mass is 464 g/mol. The zero-order valence-electron chi connectivity index (χ0n) is 17.9. The molecule has 0 unspecified atom stereocenters. The molecule has 0 aromatic heterocycles. The summed E-state index contributed by atoms with van der Waals surface area (Å²) in [6.07, 6.45) is 2.68. The number of sulfonamides is 1. The molecule has 1 heterocycles. The average Bonchev–Trinajstić information content (AvgIpc) is 2.77. The molecule has 1 saturated heterocycles. The van der Waals surface area contributed by atoms with E-state index in [-0.39, 0.29) is 21.4 Å². The first-order valence-corrected chi connectivity index (χ1v) is 12.4. The number of carbonyl (C=O) groups excluding carboxylic acids is 1. The number of nitrogens with zero attached hydrogens (tertiary/aromatic N) is 1. The largest absolute Gasteiger partial charge is 0.491 e. The molecule has 8 heteroatoms. The molecule has 168 valence electrons. The molecule has 0 spiro atoms. The van der Waals surface area contributed by atoms with E-state index in [2.05, 4.69) is 19.2 Å².